The first-order valence-electron chi connectivity index (χ1n) is 10.7. The quantitative estimate of drug-likeness (QED) is 0.675. The summed E-state index contributed by atoms with van der Waals surface area (Å²) in [6.45, 7) is 4.59. The van der Waals surface area contributed by atoms with Crippen molar-refractivity contribution in [3.05, 3.63) is 77.4 Å². The first kappa shape index (κ1) is 20.4. The van der Waals surface area contributed by atoms with Crippen molar-refractivity contribution in [2.75, 3.05) is 27.2 Å². The Bertz CT molecular complexity index is 1050. The van der Waals surface area contributed by atoms with E-state index in [-0.39, 0.29) is 11.4 Å². The van der Waals surface area contributed by atoms with Crippen LogP contribution in [0.3, 0.4) is 0 Å². The van der Waals surface area contributed by atoms with E-state index >= 15 is 0 Å². The maximum absolute atomic E-state index is 12.9. The number of nitrogens with zero attached hydrogens (tertiary/aromatic N) is 1. The van der Waals surface area contributed by atoms with Crippen molar-refractivity contribution in [3.63, 3.8) is 0 Å². The van der Waals surface area contributed by atoms with Crippen molar-refractivity contribution in [2.45, 2.75) is 31.7 Å². The molecule has 156 valence electrons. The van der Waals surface area contributed by atoms with Gasteiger partial charge in [0.15, 0.2) is 0 Å². The molecular weight excluding hydrogens is 372 g/mol. The Kier molecular flexibility index (Phi) is 5.78. The van der Waals surface area contributed by atoms with E-state index in [0.717, 1.165) is 18.4 Å². The largest absolute Gasteiger partial charge is 0.497 e. The first-order valence-corrected chi connectivity index (χ1v) is 10.7. The number of fused-ring (bicyclic) bond motifs is 1. The molecule has 1 N–H and O–H groups in total. The third-order valence-electron chi connectivity index (χ3n) is 6.18. The van der Waals surface area contributed by atoms with Gasteiger partial charge in [0.25, 0.3) is 5.91 Å². The highest BCUT2D eigenvalue weighted by molar-refractivity contribution is 5.97. The van der Waals surface area contributed by atoms with Crippen molar-refractivity contribution in [1.82, 2.24) is 10.2 Å². The standard InChI is InChI=1S/C22H21NO2.C4H9N/c1-15-10-11-17(25-2)14-19(15)21(24)23-22(12-13-22)20-9-5-7-16-6-3-4-8-18(16)20;1-5-3-2-4-5/h3-11,14H,12-13H2,1-2H3,(H,23,24);2-4H2,1H3. The van der Waals surface area contributed by atoms with Gasteiger partial charge in [0.1, 0.15) is 5.75 Å². The number of hydrogen-bond donors (Lipinski definition) is 1. The van der Waals surface area contributed by atoms with Gasteiger partial charge < -0.3 is 15.0 Å². The second-order valence-electron chi connectivity index (χ2n) is 8.40. The zero-order chi connectivity index (χ0) is 21.1. The van der Waals surface area contributed by atoms with E-state index in [1.54, 1.807) is 7.11 Å². The average molecular weight is 403 g/mol. The van der Waals surface area contributed by atoms with Crippen LogP contribution < -0.4 is 10.1 Å². The summed E-state index contributed by atoms with van der Waals surface area (Å²) in [6, 6.07) is 20.3. The lowest BCUT2D eigenvalue weighted by molar-refractivity contribution is 0.0930. The number of ether oxygens (including phenoxy) is 1. The van der Waals surface area contributed by atoms with Crippen molar-refractivity contribution < 1.29 is 9.53 Å². The molecule has 0 atom stereocenters. The van der Waals surface area contributed by atoms with E-state index in [1.807, 2.05) is 31.2 Å². The van der Waals surface area contributed by atoms with Crippen LogP contribution in [0.4, 0.5) is 0 Å². The number of likely N-dealkylation sites (tertiary alicyclic amines) is 1. The van der Waals surface area contributed by atoms with E-state index < -0.39 is 0 Å². The van der Waals surface area contributed by atoms with Gasteiger partial charge in [-0.15, -0.1) is 0 Å². The molecule has 1 heterocycles. The topological polar surface area (TPSA) is 41.6 Å². The minimum Gasteiger partial charge on any atom is -0.497 e. The third-order valence-corrected chi connectivity index (χ3v) is 6.18. The van der Waals surface area contributed by atoms with Crippen LogP contribution in [0.2, 0.25) is 0 Å². The average Bonchev–Trinajstić information content (AvgIpc) is 3.53. The molecule has 0 radical (unpaired) electrons. The van der Waals surface area contributed by atoms with Crippen LogP contribution in [0.15, 0.2) is 60.7 Å². The van der Waals surface area contributed by atoms with Crippen LogP contribution in [-0.4, -0.2) is 38.1 Å². The Balaban J connectivity index is 0.000000383. The molecule has 1 aliphatic heterocycles. The SMILES string of the molecule is CN1CCC1.COc1ccc(C)c(C(=O)NC2(c3cccc4ccccc34)CC2)c1. The Morgan fingerprint density at radius 2 is 1.73 bits per heavy atom. The van der Waals surface area contributed by atoms with E-state index in [0.29, 0.717) is 11.3 Å². The van der Waals surface area contributed by atoms with Gasteiger partial charge in [-0.1, -0.05) is 48.5 Å². The monoisotopic (exact) mass is 402 g/mol. The molecule has 0 bridgehead atoms. The molecule has 3 aromatic rings. The van der Waals surface area contributed by atoms with Crippen molar-refractivity contribution in [3.8, 4) is 5.75 Å². The van der Waals surface area contributed by atoms with Crippen molar-refractivity contribution >= 4 is 16.7 Å². The Labute approximate surface area is 178 Å². The molecule has 3 aromatic carbocycles. The van der Waals surface area contributed by atoms with Crippen LogP contribution in [-0.2, 0) is 5.54 Å². The van der Waals surface area contributed by atoms with Crippen molar-refractivity contribution in [2.24, 2.45) is 0 Å². The Morgan fingerprint density at radius 1 is 1.03 bits per heavy atom. The van der Waals surface area contributed by atoms with Crippen LogP contribution >= 0.6 is 0 Å². The summed E-state index contributed by atoms with van der Waals surface area (Å²) in [5.74, 6) is 0.660. The summed E-state index contributed by atoms with van der Waals surface area (Å²) in [6.07, 6.45) is 3.35. The van der Waals surface area contributed by atoms with Gasteiger partial charge in [0.05, 0.1) is 12.6 Å². The number of rotatable bonds is 4. The minimum atomic E-state index is -0.256. The van der Waals surface area contributed by atoms with Crippen LogP contribution in [0, 0.1) is 6.92 Å². The molecule has 4 nitrogen and oxygen atoms in total. The molecule has 1 saturated heterocycles. The summed E-state index contributed by atoms with van der Waals surface area (Å²) >= 11 is 0. The number of carbonyl (C=O) groups is 1. The lowest BCUT2D eigenvalue weighted by Crippen LogP contribution is -2.35. The fraction of sp³-hybridized carbons (Fsp3) is 0.346. The van der Waals surface area contributed by atoms with Crippen LogP contribution in [0.5, 0.6) is 5.75 Å². The van der Waals surface area contributed by atoms with Gasteiger partial charge in [-0.25, -0.2) is 0 Å². The second kappa shape index (κ2) is 8.49. The number of methoxy groups -OCH3 is 1. The Hall–Kier alpha value is -2.85. The fourth-order valence-electron chi connectivity index (χ4n) is 3.96. The Morgan fingerprint density at radius 3 is 2.37 bits per heavy atom. The highest BCUT2D eigenvalue weighted by atomic mass is 16.5. The van der Waals surface area contributed by atoms with Gasteiger partial charge in [0, 0.05) is 5.56 Å². The summed E-state index contributed by atoms with van der Waals surface area (Å²) in [7, 11) is 3.76. The molecular formula is C26H30N2O2. The number of amides is 1. The zero-order valence-corrected chi connectivity index (χ0v) is 18.1. The molecule has 1 aliphatic carbocycles. The molecule has 2 aliphatic rings. The highest BCUT2D eigenvalue weighted by Crippen LogP contribution is 2.48. The summed E-state index contributed by atoms with van der Waals surface area (Å²) in [4.78, 5) is 15.2. The lowest BCUT2D eigenvalue weighted by Gasteiger charge is -2.24. The second-order valence-corrected chi connectivity index (χ2v) is 8.40. The van der Waals surface area contributed by atoms with Gasteiger partial charge in [-0.3, -0.25) is 4.79 Å². The fourth-order valence-corrected chi connectivity index (χ4v) is 3.96. The van der Waals surface area contributed by atoms with Gasteiger partial charge in [-0.05, 0) is 80.4 Å². The predicted molar refractivity (Wildman–Crippen MR) is 122 cm³/mol. The number of nitrogens with one attached hydrogen (secondary N) is 1. The summed E-state index contributed by atoms with van der Waals surface area (Å²) in [5.41, 5.74) is 2.57. The summed E-state index contributed by atoms with van der Waals surface area (Å²) in [5, 5.41) is 5.71. The molecule has 4 heteroatoms. The first-order chi connectivity index (χ1) is 14.5. The predicted octanol–water partition coefficient (Wildman–Crippen LogP) is 4.90. The van der Waals surface area contributed by atoms with Gasteiger partial charge >= 0.3 is 0 Å². The molecule has 0 spiro atoms. The maximum Gasteiger partial charge on any atom is 0.252 e. The van der Waals surface area contributed by atoms with Crippen LogP contribution in [0.1, 0.15) is 40.7 Å². The summed E-state index contributed by atoms with van der Waals surface area (Å²) < 4.78 is 5.27. The minimum absolute atomic E-state index is 0.0400. The normalized spacial score (nSPS) is 16.8. The van der Waals surface area contributed by atoms with E-state index in [1.165, 1.54) is 35.8 Å². The number of hydrogen-bond acceptors (Lipinski definition) is 3. The smallest absolute Gasteiger partial charge is 0.252 e. The van der Waals surface area contributed by atoms with Gasteiger partial charge in [-0.2, -0.15) is 0 Å². The molecule has 30 heavy (non-hydrogen) atoms. The van der Waals surface area contributed by atoms with E-state index in [9.17, 15) is 4.79 Å². The van der Waals surface area contributed by atoms with Crippen LogP contribution in [0.25, 0.3) is 10.8 Å². The number of aryl methyl sites for hydroxylation is 1. The van der Waals surface area contributed by atoms with Gasteiger partial charge in [0.2, 0.25) is 0 Å². The number of carbonyl (C=O) groups excluding carboxylic acids is 1. The molecule has 1 saturated carbocycles. The lowest BCUT2D eigenvalue weighted by atomic mass is 9.96. The van der Waals surface area contributed by atoms with Crippen molar-refractivity contribution in [1.29, 1.82) is 0 Å². The molecule has 2 fully saturated rings. The molecule has 0 aromatic heterocycles. The van der Waals surface area contributed by atoms with E-state index in [4.69, 9.17) is 4.74 Å². The molecule has 1 amide bonds. The molecule has 5 rings (SSSR count). The third kappa shape index (κ3) is 4.19. The van der Waals surface area contributed by atoms with E-state index in [2.05, 4.69) is 53.7 Å². The zero-order valence-electron chi connectivity index (χ0n) is 18.1. The highest BCUT2D eigenvalue weighted by Gasteiger charge is 2.46. The maximum atomic E-state index is 12.9. The number of benzene rings is 3. The molecule has 0 unspecified atom stereocenters.